The average molecular weight is 321 g/mol. The van der Waals surface area contributed by atoms with Crippen LogP contribution in [0.5, 0.6) is 0 Å². The second-order valence-corrected chi connectivity index (χ2v) is 6.05. The molecule has 0 bridgehead atoms. The van der Waals surface area contributed by atoms with E-state index in [4.69, 9.17) is 14.2 Å². The lowest BCUT2D eigenvalue weighted by Crippen LogP contribution is -2.20. The van der Waals surface area contributed by atoms with Crippen molar-refractivity contribution >= 4 is 12.6 Å². The minimum Gasteiger partial charge on any atom is -0.378 e. The van der Waals surface area contributed by atoms with E-state index in [1.165, 1.54) is 44.9 Å². The van der Waals surface area contributed by atoms with Crippen LogP contribution in [0.1, 0.15) is 71.1 Å². The molecule has 128 valence electrons. The van der Waals surface area contributed by atoms with E-state index >= 15 is 0 Å². The molecule has 0 spiro atoms. The lowest BCUT2D eigenvalue weighted by molar-refractivity contribution is -0.120. The molecule has 0 N–H and O–H groups in total. The normalized spacial score (nSPS) is 13.0. The van der Waals surface area contributed by atoms with Gasteiger partial charge in [0.2, 0.25) is 0 Å². The molecule has 0 aliphatic carbocycles. The van der Waals surface area contributed by atoms with Gasteiger partial charge < -0.3 is 14.2 Å². The van der Waals surface area contributed by atoms with Gasteiger partial charge in [-0.25, -0.2) is 0 Å². The molecule has 1 unspecified atom stereocenters. The third-order valence-corrected chi connectivity index (χ3v) is 4.07. The van der Waals surface area contributed by atoms with Crippen LogP contribution in [0.15, 0.2) is 0 Å². The molecule has 3 nitrogen and oxygen atoms in total. The molecular formula is C17H36O3S. The van der Waals surface area contributed by atoms with Crippen LogP contribution in [-0.4, -0.2) is 39.0 Å². The predicted octanol–water partition coefficient (Wildman–Crippen LogP) is 4.84. The largest absolute Gasteiger partial charge is 0.378 e. The van der Waals surface area contributed by atoms with Crippen molar-refractivity contribution in [2.75, 3.05) is 26.6 Å². The Morgan fingerprint density at radius 3 is 2.00 bits per heavy atom. The van der Waals surface area contributed by atoms with Crippen molar-refractivity contribution < 1.29 is 14.2 Å². The third kappa shape index (κ3) is 13.6. The van der Waals surface area contributed by atoms with Gasteiger partial charge in [-0.1, -0.05) is 51.9 Å². The Morgan fingerprint density at radius 2 is 1.43 bits per heavy atom. The second-order valence-electron chi connectivity index (χ2n) is 5.60. The number of hydrogen-bond acceptors (Lipinski definition) is 4. The SMILES string of the molecule is CCCCCCCCCC(CCS)OCCC(OC)OC. The van der Waals surface area contributed by atoms with Crippen LogP contribution in [0.3, 0.4) is 0 Å². The van der Waals surface area contributed by atoms with Crippen molar-refractivity contribution in [3.63, 3.8) is 0 Å². The highest BCUT2D eigenvalue weighted by Crippen LogP contribution is 2.14. The summed E-state index contributed by atoms with van der Waals surface area (Å²) in [5, 5.41) is 0. The Balaban J connectivity index is 3.62. The summed E-state index contributed by atoms with van der Waals surface area (Å²) in [4.78, 5) is 0. The van der Waals surface area contributed by atoms with E-state index in [-0.39, 0.29) is 6.29 Å². The highest BCUT2D eigenvalue weighted by molar-refractivity contribution is 7.80. The summed E-state index contributed by atoms with van der Waals surface area (Å²) in [5.74, 6) is 0.888. The van der Waals surface area contributed by atoms with E-state index in [0.717, 1.165) is 25.0 Å². The van der Waals surface area contributed by atoms with Crippen LogP contribution in [0, 0.1) is 0 Å². The van der Waals surface area contributed by atoms with Gasteiger partial charge in [0.25, 0.3) is 0 Å². The van der Waals surface area contributed by atoms with E-state index in [9.17, 15) is 0 Å². The number of hydrogen-bond donors (Lipinski definition) is 1. The monoisotopic (exact) mass is 320 g/mol. The summed E-state index contributed by atoms with van der Waals surface area (Å²) in [7, 11) is 3.33. The zero-order valence-corrected chi connectivity index (χ0v) is 15.2. The van der Waals surface area contributed by atoms with Crippen molar-refractivity contribution in [1.29, 1.82) is 0 Å². The number of rotatable bonds is 16. The van der Waals surface area contributed by atoms with Gasteiger partial charge in [0.1, 0.15) is 0 Å². The van der Waals surface area contributed by atoms with Gasteiger partial charge in [-0.15, -0.1) is 0 Å². The van der Waals surface area contributed by atoms with Gasteiger partial charge in [-0.3, -0.25) is 0 Å². The molecule has 0 radical (unpaired) electrons. The van der Waals surface area contributed by atoms with E-state index in [0.29, 0.717) is 12.7 Å². The van der Waals surface area contributed by atoms with Crippen molar-refractivity contribution in [2.45, 2.75) is 83.5 Å². The first kappa shape index (κ1) is 21.2. The molecule has 0 saturated carbocycles. The van der Waals surface area contributed by atoms with Crippen LogP contribution < -0.4 is 0 Å². The molecule has 0 aromatic heterocycles. The molecule has 21 heavy (non-hydrogen) atoms. The molecule has 0 fully saturated rings. The Kier molecular flexibility index (Phi) is 16.8. The zero-order valence-electron chi connectivity index (χ0n) is 14.3. The molecule has 4 heteroatoms. The van der Waals surface area contributed by atoms with Crippen molar-refractivity contribution in [2.24, 2.45) is 0 Å². The molecule has 0 aliphatic heterocycles. The standard InChI is InChI=1S/C17H36O3S/c1-4-5-6-7-8-9-10-11-16(13-15-21)20-14-12-17(18-2)19-3/h16-17,21H,4-15H2,1-3H3. The fraction of sp³-hybridized carbons (Fsp3) is 1.00. The summed E-state index contributed by atoms with van der Waals surface area (Å²) >= 11 is 4.33. The van der Waals surface area contributed by atoms with Gasteiger partial charge in [0.15, 0.2) is 6.29 Å². The number of ether oxygens (including phenoxy) is 3. The zero-order chi connectivity index (χ0) is 15.8. The fourth-order valence-electron chi connectivity index (χ4n) is 2.45. The highest BCUT2D eigenvalue weighted by atomic mass is 32.1. The Morgan fingerprint density at radius 1 is 0.810 bits per heavy atom. The van der Waals surface area contributed by atoms with Crippen molar-refractivity contribution in [1.82, 2.24) is 0 Å². The van der Waals surface area contributed by atoms with Crippen LogP contribution >= 0.6 is 12.6 Å². The Labute approximate surface area is 137 Å². The maximum atomic E-state index is 5.95. The van der Waals surface area contributed by atoms with Crippen molar-refractivity contribution in [3.05, 3.63) is 0 Å². The molecule has 0 aliphatic rings. The fourth-order valence-corrected chi connectivity index (χ4v) is 2.73. The van der Waals surface area contributed by atoms with Gasteiger partial charge in [0, 0.05) is 20.6 Å². The molecule has 0 heterocycles. The molecule has 0 aromatic carbocycles. The predicted molar refractivity (Wildman–Crippen MR) is 93.2 cm³/mol. The highest BCUT2D eigenvalue weighted by Gasteiger charge is 2.10. The molecule has 0 amide bonds. The summed E-state index contributed by atoms with van der Waals surface area (Å²) in [6, 6.07) is 0. The van der Waals surface area contributed by atoms with Crippen LogP contribution in [0.2, 0.25) is 0 Å². The summed E-state index contributed by atoms with van der Waals surface area (Å²) < 4.78 is 16.3. The molecule has 0 aromatic rings. The minimum atomic E-state index is -0.153. The minimum absolute atomic E-state index is 0.153. The van der Waals surface area contributed by atoms with Crippen LogP contribution in [0.25, 0.3) is 0 Å². The van der Waals surface area contributed by atoms with Gasteiger partial charge >= 0.3 is 0 Å². The Hall–Kier alpha value is 0.230. The quantitative estimate of drug-likeness (QED) is 0.250. The maximum absolute atomic E-state index is 5.95. The van der Waals surface area contributed by atoms with Crippen LogP contribution in [0.4, 0.5) is 0 Å². The van der Waals surface area contributed by atoms with Crippen molar-refractivity contribution in [3.8, 4) is 0 Å². The molecule has 1 atom stereocenters. The summed E-state index contributed by atoms with van der Waals surface area (Å²) in [5.41, 5.74) is 0. The summed E-state index contributed by atoms with van der Waals surface area (Å²) in [6.45, 7) is 2.96. The van der Waals surface area contributed by atoms with E-state index in [1.807, 2.05) is 0 Å². The van der Waals surface area contributed by atoms with Gasteiger partial charge in [-0.05, 0) is 18.6 Å². The molecular weight excluding hydrogens is 284 g/mol. The van der Waals surface area contributed by atoms with Gasteiger partial charge in [0.05, 0.1) is 12.7 Å². The average Bonchev–Trinajstić information content (AvgIpc) is 2.50. The second kappa shape index (κ2) is 16.6. The van der Waals surface area contributed by atoms with E-state index in [1.54, 1.807) is 14.2 Å². The van der Waals surface area contributed by atoms with E-state index in [2.05, 4.69) is 19.6 Å². The lowest BCUT2D eigenvalue weighted by atomic mass is 10.1. The number of methoxy groups -OCH3 is 2. The topological polar surface area (TPSA) is 27.7 Å². The first-order valence-corrected chi connectivity index (χ1v) is 9.19. The third-order valence-electron chi connectivity index (χ3n) is 3.81. The van der Waals surface area contributed by atoms with Gasteiger partial charge in [-0.2, -0.15) is 12.6 Å². The number of thiol groups is 1. The lowest BCUT2D eigenvalue weighted by Gasteiger charge is -2.19. The number of unbranched alkanes of at least 4 members (excludes halogenated alkanes) is 6. The van der Waals surface area contributed by atoms with Crippen LogP contribution in [-0.2, 0) is 14.2 Å². The first-order chi connectivity index (χ1) is 10.3. The smallest absolute Gasteiger partial charge is 0.159 e. The summed E-state index contributed by atoms with van der Waals surface area (Å²) in [6.07, 6.45) is 12.6. The first-order valence-electron chi connectivity index (χ1n) is 8.56. The molecule has 0 saturated heterocycles. The van der Waals surface area contributed by atoms with E-state index < -0.39 is 0 Å². The maximum Gasteiger partial charge on any atom is 0.159 e. The Bertz CT molecular complexity index is 198. The molecule has 0 rings (SSSR count).